The van der Waals surface area contributed by atoms with Crippen molar-refractivity contribution in [3.8, 4) is 6.07 Å². The van der Waals surface area contributed by atoms with E-state index in [9.17, 15) is 4.39 Å². The molecule has 0 radical (unpaired) electrons. The third kappa shape index (κ3) is 2.60. The van der Waals surface area contributed by atoms with E-state index in [1.165, 1.54) is 12.1 Å². The largest absolute Gasteiger partial charge is 0.396 e. The number of nitrogens with zero attached hydrogens (tertiary/aromatic N) is 1. The number of nitrogen functional groups attached to an aromatic ring is 1. The van der Waals surface area contributed by atoms with Crippen molar-refractivity contribution in [1.82, 2.24) is 0 Å². The van der Waals surface area contributed by atoms with Gasteiger partial charge in [0.05, 0.1) is 18.2 Å². The van der Waals surface area contributed by atoms with Gasteiger partial charge in [0.2, 0.25) is 0 Å². The smallest absolute Gasteiger partial charge is 0.146 e. The zero-order valence-electron chi connectivity index (χ0n) is 7.00. The van der Waals surface area contributed by atoms with E-state index in [0.29, 0.717) is 12.0 Å². The van der Waals surface area contributed by atoms with Crippen molar-refractivity contribution < 1.29 is 4.39 Å². The molecule has 0 bridgehead atoms. The molecule has 0 saturated heterocycles. The summed E-state index contributed by atoms with van der Waals surface area (Å²) in [7, 11) is 0. The maximum absolute atomic E-state index is 12.9. The topological polar surface area (TPSA) is 49.8 Å². The molecule has 0 aliphatic heterocycles. The van der Waals surface area contributed by atoms with Crippen LogP contribution in [0.4, 0.5) is 10.1 Å². The van der Waals surface area contributed by atoms with Gasteiger partial charge in [0.25, 0.3) is 0 Å². The molecule has 0 spiro atoms. The van der Waals surface area contributed by atoms with Crippen LogP contribution in [0, 0.1) is 17.1 Å². The molecule has 1 aromatic carbocycles. The summed E-state index contributed by atoms with van der Waals surface area (Å²) in [6, 6.07) is 6.50. The first-order valence-electron chi connectivity index (χ1n) is 3.82. The highest BCUT2D eigenvalue weighted by Crippen LogP contribution is 2.12. The summed E-state index contributed by atoms with van der Waals surface area (Å²) in [5, 5.41) is 8.25. The summed E-state index contributed by atoms with van der Waals surface area (Å²) in [4.78, 5) is 0. The van der Waals surface area contributed by atoms with Crippen molar-refractivity contribution in [1.29, 1.82) is 5.26 Å². The van der Waals surface area contributed by atoms with E-state index in [2.05, 4.69) is 0 Å². The van der Waals surface area contributed by atoms with Gasteiger partial charge in [0.1, 0.15) is 5.82 Å². The number of nitrogens with two attached hydrogens (primary N) is 1. The lowest BCUT2D eigenvalue weighted by Crippen LogP contribution is -1.89. The lowest BCUT2D eigenvalue weighted by Gasteiger charge is -1.96. The number of nitriles is 1. The summed E-state index contributed by atoms with van der Waals surface area (Å²) < 4.78 is 12.9. The first-order chi connectivity index (χ1) is 6.24. The Morgan fingerprint density at radius 1 is 1.54 bits per heavy atom. The molecule has 0 aliphatic carbocycles. The zero-order chi connectivity index (χ0) is 9.68. The van der Waals surface area contributed by atoms with Crippen LogP contribution in [0.3, 0.4) is 0 Å². The highest BCUT2D eigenvalue weighted by molar-refractivity contribution is 5.54. The van der Waals surface area contributed by atoms with Gasteiger partial charge in [0.15, 0.2) is 0 Å². The predicted octanol–water partition coefficient (Wildman–Crippen LogP) is 2.33. The van der Waals surface area contributed by atoms with Crippen LogP contribution in [0.2, 0.25) is 0 Å². The Morgan fingerprint density at radius 2 is 2.31 bits per heavy atom. The molecule has 13 heavy (non-hydrogen) atoms. The summed E-state index contributed by atoms with van der Waals surface area (Å²) >= 11 is 0. The first-order valence-corrected chi connectivity index (χ1v) is 3.82. The summed E-state index contributed by atoms with van der Waals surface area (Å²) in [5.74, 6) is -0.431. The van der Waals surface area contributed by atoms with Crippen LogP contribution in [0.1, 0.15) is 12.0 Å². The van der Waals surface area contributed by atoms with Crippen LogP contribution in [0.25, 0.3) is 6.08 Å². The lowest BCUT2D eigenvalue weighted by atomic mass is 10.2. The molecule has 0 saturated carbocycles. The summed E-state index contributed by atoms with van der Waals surface area (Å²) in [6.07, 6.45) is 3.68. The van der Waals surface area contributed by atoms with E-state index in [1.54, 1.807) is 18.2 Å². The zero-order valence-corrected chi connectivity index (χ0v) is 7.00. The van der Waals surface area contributed by atoms with Crippen molar-refractivity contribution in [3.05, 3.63) is 35.7 Å². The number of allylic oxidation sites excluding steroid dienone is 1. The van der Waals surface area contributed by atoms with Crippen LogP contribution in [-0.4, -0.2) is 0 Å². The third-order valence-corrected chi connectivity index (χ3v) is 1.54. The van der Waals surface area contributed by atoms with Crippen LogP contribution < -0.4 is 5.73 Å². The summed E-state index contributed by atoms with van der Waals surface area (Å²) in [5.41, 5.74) is 6.14. The minimum atomic E-state index is -0.431. The molecule has 1 aromatic rings. The maximum Gasteiger partial charge on any atom is 0.146 e. The van der Waals surface area contributed by atoms with Gasteiger partial charge in [-0.2, -0.15) is 5.26 Å². The molecule has 0 unspecified atom stereocenters. The van der Waals surface area contributed by atoms with Crippen molar-refractivity contribution in [3.63, 3.8) is 0 Å². The minimum absolute atomic E-state index is 0.137. The fourth-order valence-electron chi connectivity index (χ4n) is 0.895. The first kappa shape index (κ1) is 9.27. The van der Waals surface area contributed by atoms with E-state index in [4.69, 9.17) is 11.0 Å². The highest BCUT2D eigenvalue weighted by Gasteiger charge is 1.96. The second kappa shape index (κ2) is 4.27. The Kier molecular flexibility index (Phi) is 3.04. The van der Waals surface area contributed by atoms with Crippen LogP contribution in [0.15, 0.2) is 24.3 Å². The number of benzene rings is 1. The fraction of sp³-hybridized carbons (Fsp3) is 0.100. The van der Waals surface area contributed by atoms with Gasteiger partial charge in [-0.3, -0.25) is 0 Å². The van der Waals surface area contributed by atoms with E-state index in [1.807, 2.05) is 6.07 Å². The van der Waals surface area contributed by atoms with E-state index < -0.39 is 5.82 Å². The summed E-state index contributed by atoms with van der Waals surface area (Å²) in [6.45, 7) is 0. The Balaban J connectivity index is 2.81. The molecule has 0 heterocycles. The quantitative estimate of drug-likeness (QED) is 0.703. The van der Waals surface area contributed by atoms with Crippen LogP contribution in [0.5, 0.6) is 0 Å². The molecule has 2 nitrogen and oxygen atoms in total. The van der Waals surface area contributed by atoms with Gasteiger partial charge < -0.3 is 5.73 Å². The average Bonchev–Trinajstić information content (AvgIpc) is 2.12. The van der Waals surface area contributed by atoms with Crippen molar-refractivity contribution >= 4 is 11.8 Å². The van der Waals surface area contributed by atoms with Gasteiger partial charge in [0, 0.05) is 0 Å². The standard InChI is InChI=1S/C10H9FN2/c11-9-7-8(3-1-2-6-12)4-5-10(9)13/h1,3-5,7H,2,13H2. The van der Waals surface area contributed by atoms with E-state index in [-0.39, 0.29) is 5.69 Å². The van der Waals surface area contributed by atoms with Gasteiger partial charge in [-0.05, 0) is 17.7 Å². The van der Waals surface area contributed by atoms with Crippen LogP contribution >= 0.6 is 0 Å². The second-order valence-electron chi connectivity index (χ2n) is 2.55. The fourth-order valence-corrected chi connectivity index (χ4v) is 0.895. The number of halogens is 1. The molecule has 0 aromatic heterocycles. The lowest BCUT2D eigenvalue weighted by molar-refractivity contribution is 0.632. The normalized spacial score (nSPS) is 10.2. The molecule has 0 amide bonds. The molecule has 0 aliphatic rings. The van der Waals surface area contributed by atoms with E-state index in [0.717, 1.165) is 0 Å². The van der Waals surface area contributed by atoms with Gasteiger partial charge >= 0.3 is 0 Å². The molecule has 66 valence electrons. The number of anilines is 1. The molecule has 2 N–H and O–H groups in total. The van der Waals surface area contributed by atoms with Crippen molar-refractivity contribution in [2.24, 2.45) is 0 Å². The van der Waals surface area contributed by atoms with Crippen molar-refractivity contribution in [2.75, 3.05) is 5.73 Å². The Hall–Kier alpha value is -1.82. The van der Waals surface area contributed by atoms with Gasteiger partial charge in [-0.15, -0.1) is 0 Å². The Labute approximate surface area is 76.1 Å². The van der Waals surface area contributed by atoms with Crippen molar-refractivity contribution in [2.45, 2.75) is 6.42 Å². The van der Waals surface area contributed by atoms with Crippen LogP contribution in [-0.2, 0) is 0 Å². The second-order valence-corrected chi connectivity index (χ2v) is 2.55. The molecule has 0 atom stereocenters. The molecule has 0 fully saturated rings. The average molecular weight is 176 g/mol. The van der Waals surface area contributed by atoms with E-state index >= 15 is 0 Å². The molecular formula is C10H9FN2. The molecule has 3 heteroatoms. The monoisotopic (exact) mass is 176 g/mol. The maximum atomic E-state index is 12.9. The number of rotatable bonds is 2. The predicted molar refractivity (Wildman–Crippen MR) is 50.1 cm³/mol. The van der Waals surface area contributed by atoms with Gasteiger partial charge in [-0.25, -0.2) is 4.39 Å². The Morgan fingerprint density at radius 3 is 2.92 bits per heavy atom. The number of hydrogen-bond acceptors (Lipinski definition) is 2. The third-order valence-electron chi connectivity index (χ3n) is 1.54. The van der Waals surface area contributed by atoms with Gasteiger partial charge in [-0.1, -0.05) is 18.2 Å². The highest BCUT2D eigenvalue weighted by atomic mass is 19.1. The number of hydrogen-bond donors (Lipinski definition) is 1. The molecular weight excluding hydrogens is 167 g/mol. The SMILES string of the molecule is N#CCC=Cc1ccc(N)c(F)c1. The minimum Gasteiger partial charge on any atom is -0.396 e. The molecule has 1 rings (SSSR count). The Bertz CT molecular complexity index is 364.